The molecule has 3 nitrogen and oxygen atoms in total. The highest BCUT2D eigenvalue weighted by Crippen LogP contribution is 2.22. The van der Waals surface area contributed by atoms with Gasteiger partial charge in [0.15, 0.2) is 5.96 Å². The zero-order valence-electron chi connectivity index (χ0n) is 8.01. The molecule has 0 aromatic carbocycles. The number of likely N-dealkylation sites (tertiary alicyclic amines) is 1. The molecule has 0 bridgehead atoms. The average molecular weight is 169 g/mol. The number of nitrogens with two attached hydrogens (primary N) is 1. The highest BCUT2D eigenvalue weighted by molar-refractivity contribution is 5.74. The summed E-state index contributed by atoms with van der Waals surface area (Å²) in [7, 11) is 0. The molecule has 12 heavy (non-hydrogen) atoms. The summed E-state index contributed by atoms with van der Waals surface area (Å²) in [5.41, 5.74) is 5.44. The van der Waals surface area contributed by atoms with Crippen molar-refractivity contribution in [2.45, 2.75) is 26.7 Å². The van der Waals surface area contributed by atoms with E-state index in [2.05, 4.69) is 13.8 Å². The molecule has 0 aromatic heterocycles. The normalized spacial score (nSPS) is 24.6. The van der Waals surface area contributed by atoms with Crippen LogP contribution in [0.5, 0.6) is 0 Å². The molecule has 0 amide bonds. The summed E-state index contributed by atoms with van der Waals surface area (Å²) in [6.07, 6.45) is 2.48. The first-order chi connectivity index (χ1) is 5.61. The van der Waals surface area contributed by atoms with E-state index in [1.54, 1.807) is 0 Å². The summed E-state index contributed by atoms with van der Waals surface area (Å²) in [6.45, 7) is 6.44. The van der Waals surface area contributed by atoms with Gasteiger partial charge in [-0.2, -0.15) is 0 Å². The van der Waals surface area contributed by atoms with Gasteiger partial charge in [0.05, 0.1) is 0 Å². The van der Waals surface area contributed by atoms with Gasteiger partial charge in [-0.1, -0.05) is 13.8 Å². The third-order valence-corrected chi connectivity index (χ3v) is 2.74. The first-order valence-corrected chi connectivity index (χ1v) is 4.70. The summed E-state index contributed by atoms with van der Waals surface area (Å²) >= 11 is 0. The van der Waals surface area contributed by atoms with E-state index < -0.39 is 0 Å². The number of hydrogen-bond donors (Lipinski definition) is 2. The first kappa shape index (κ1) is 9.36. The predicted molar refractivity (Wildman–Crippen MR) is 51.0 cm³/mol. The van der Waals surface area contributed by atoms with Crippen molar-refractivity contribution in [3.63, 3.8) is 0 Å². The fourth-order valence-electron chi connectivity index (χ4n) is 1.77. The van der Waals surface area contributed by atoms with Crippen molar-refractivity contribution in [2.75, 3.05) is 13.1 Å². The van der Waals surface area contributed by atoms with E-state index in [4.69, 9.17) is 11.1 Å². The lowest BCUT2D eigenvalue weighted by atomic mass is 9.88. The standard InChI is InChI=1S/C9H19N3/c1-7(2)8-4-3-5-12(6-8)9(10)11/h7-8H,3-6H2,1-2H3,(H3,10,11). The van der Waals surface area contributed by atoms with Crippen molar-refractivity contribution in [1.82, 2.24) is 4.90 Å². The van der Waals surface area contributed by atoms with Crippen LogP contribution in [0.3, 0.4) is 0 Å². The van der Waals surface area contributed by atoms with Crippen LogP contribution < -0.4 is 5.73 Å². The van der Waals surface area contributed by atoms with Crippen molar-refractivity contribution in [3.8, 4) is 0 Å². The summed E-state index contributed by atoms with van der Waals surface area (Å²) in [4.78, 5) is 1.98. The summed E-state index contributed by atoms with van der Waals surface area (Å²) < 4.78 is 0. The zero-order chi connectivity index (χ0) is 9.14. The first-order valence-electron chi connectivity index (χ1n) is 4.70. The van der Waals surface area contributed by atoms with E-state index in [1.807, 2.05) is 4.90 Å². The van der Waals surface area contributed by atoms with Gasteiger partial charge < -0.3 is 10.6 Å². The van der Waals surface area contributed by atoms with E-state index >= 15 is 0 Å². The second-order valence-corrected chi connectivity index (χ2v) is 3.98. The van der Waals surface area contributed by atoms with Crippen LogP contribution in [0.1, 0.15) is 26.7 Å². The van der Waals surface area contributed by atoms with Crippen LogP contribution in [0.2, 0.25) is 0 Å². The molecule has 1 rings (SSSR count). The third kappa shape index (κ3) is 2.13. The van der Waals surface area contributed by atoms with Crippen molar-refractivity contribution >= 4 is 5.96 Å². The second-order valence-electron chi connectivity index (χ2n) is 3.98. The monoisotopic (exact) mass is 169 g/mol. The minimum absolute atomic E-state index is 0.236. The Morgan fingerprint density at radius 3 is 2.75 bits per heavy atom. The molecule has 1 saturated heterocycles. The SMILES string of the molecule is CC(C)C1CCCN(C(=N)N)C1. The average Bonchev–Trinajstić information content (AvgIpc) is 2.04. The van der Waals surface area contributed by atoms with Crippen molar-refractivity contribution in [2.24, 2.45) is 17.6 Å². The fraction of sp³-hybridized carbons (Fsp3) is 0.889. The van der Waals surface area contributed by atoms with Gasteiger partial charge in [0, 0.05) is 13.1 Å². The molecule has 0 aromatic rings. The van der Waals surface area contributed by atoms with Gasteiger partial charge in [-0.15, -0.1) is 0 Å². The number of hydrogen-bond acceptors (Lipinski definition) is 1. The van der Waals surface area contributed by atoms with E-state index in [1.165, 1.54) is 12.8 Å². The maximum atomic E-state index is 7.32. The van der Waals surface area contributed by atoms with Crippen molar-refractivity contribution < 1.29 is 0 Å². The van der Waals surface area contributed by atoms with Gasteiger partial charge in [0.1, 0.15) is 0 Å². The third-order valence-electron chi connectivity index (χ3n) is 2.74. The van der Waals surface area contributed by atoms with E-state index in [0.29, 0.717) is 5.92 Å². The summed E-state index contributed by atoms with van der Waals surface area (Å²) in [6, 6.07) is 0. The predicted octanol–water partition coefficient (Wildman–Crippen LogP) is 1.25. The molecule has 0 aliphatic carbocycles. The van der Waals surface area contributed by atoms with Gasteiger partial charge in [0.2, 0.25) is 0 Å². The fourth-order valence-corrected chi connectivity index (χ4v) is 1.77. The molecule has 3 N–H and O–H groups in total. The summed E-state index contributed by atoms with van der Waals surface area (Å²) in [5.74, 6) is 1.68. The van der Waals surface area contributed by atoms with Gasteiger partial charge in [-0.25, -0.2) is 0 Å². The smallest absolute Gasteiger partial charge is 0.188 e. The van der Waals surface area contributed by atoms with E-state index in [0.717, 1.165) is 19.0 Å². The number of piperidine rings is 1. The number of nitrogens with one attached hydrogen (secondary N) is 1. The van der Waals surface area contributed by atoms with Crippen molar-refractivity contribution in [3.05, 3.63) is 0 Å². The maximum Gasteiger partial charge on any atom is 0.188 e. The van der Waals surface area contributed by atoms with Gasteiger partial charge in [-0.3, -0.25) is 5.41 Å². The molecule has 0 saturated carbocycles. The molecule has 0 spiro atoms. The number of nitrogens with zero attached hydrogens (tertiary/aromatic N) is 1. The molecular formula is C9H19N3. The van der Waals surface area contributed by atoms with Gasteiger partial charge in [-0.05, 0) is 24.7 Å². The molecule has 1 aliphatic heterocycles. The van der Waals surface area contributed by atoms with Crippen LogP contribution in [0.4, 0.5) is 0 Å². The Hall–Kier alpha value is -0.730. The van der Waals surface area contributed by atoms with Crippen LogP contribution in [0, 0.1) is 17.2 Å². The minimum atomic E-state index is 0.236. The van der Waals surface area contributed by atoms with Crippen LogP contribution in [0.25, 0.3) is 0 Å². The largest absolute Gasteiger partial charge is 0.370 e. The Balaban J connectivity index is 2.46. The molecule has 70 valence electrons. The van der Waals surface area contributed by atoms with E-state index in [9.17, 15) is 0 Å². The molecule has 1 atom stereocenters. The topological polar surface area (TPSA) is 53.1 Å². The molecule has 1 aliphatic rings. The lowest BCUT2D eigenvalue weighted by Crippen LogP contribution is -2.44. The Morgan fingerprint density at radius 1 is 1.58 bits per heavy atom. The molecule has 1 unspecified atom stereocenters. The second kappa shape index (κ2) is 3.78. The Labute approximate surface area is 74.4 Å². The Morgan fingerprint density at radius 2 is 2.25 bits per heavy atom. The van der Waals surface area contributed by atoms with E-state index in [-0.39, 0.29) is 5.96 Å². The number of rotatable bonds is 1. The quantitative estimate of drug-likeness (QED) is 0.458. The lowest BCUT2D eigenvalue weighted by molar-refractivity contribution is 0.209. The Bertz CT molecular complexity index is 165. The maximum absolute atomic E-state index is 7.32. The lowest BCUT2D eigenvalue weighted by Gasteiger charge is -2.34. The van der Waals surface area contributed by atoms with Crippen LogP contribution in [-0.2, 0) is 0 Å². The number of guanidine groups is 1. The van der Waals surface area contributed by atoms with Crippen LogP contribution >= 0.6 is 0 Å². The van der Waals surface area contributed by atoms with Crippen molar-refractivity contribution in [1.29, 1.82) is 5.41 Å². The molecule has 0 radical (unpaired) electrons. The molecule has 1 heterocycles. The molecule has 1 fully saturated rings. The molecule has 3 heteroatoms. The highest BCUT2D eigenvalue weighted by Gasteiger charge is 2.22. The summed E-state index contributed by atoms with van der Waals surface area (Å²) in [5, 5.41) is 7.32. The van der Waals surface area contributed by atoms with Gasteiger partial charge in [0.25, 0.3) is 0 Å². The highest BCUT2D eigenvalue weighted by atomic mass is 15.2. The molecular weight excluding hydrogens is 150 g/mol. The van der Waals surface area contributed by atoms with Crippen LogP contribution in [-0.4, -0.2) is 23.9 Å². The van der Waals surface area contributed by atoms with Crippen LogP contribution in [0.15, 0.2) is 0 Å². The Kier molecular flexibility index (Phi) is 2.95. The minimum Gasteiger partial charge on any atom is -0.370 e. The zero-order valence-corrected chi connectivity index (χ0v) is 8.01. The van der Waals surface area contributed by atoms with Gasteiger partial charge >= 0.3 is 0 Å².